The van der Waals surface area contributed by atoms with Crippen LogP contribution in [-0.4, -0.2) is 23.0 Å². The summed E-state index contributed by atoms with van der Waals surface area (Å²) in [6, 6.07) is 11.2. The maximum atomic E-state index is 4.85. The van der Waals surface area contributed by atoms with Gasteiger partial charge in [0.2, 0.25) is 0 Å². The Labute approximate surface area is 130 Å². The van der Waals surface area contributed by atoms with Crippen molar-refractivity contribution in [1.29, 1.82) is 0 Å². The second-order valence-corrected chi connectivity index (χ2v) is 7.92. The van der Waals surface area contributed by atoms with Crippen LogP contribution in [0.4, 0.5) is 0 Å². The molecule has 20 heavy (non-hydrogen) atoms. The Bertz CT molecular complexity index is 692. The highest BCUT2D eigenvalue weighted by Gasteiger charge is 2.19. The van der Waals surface area contributed by atoms with Crippen LogP contribution in [-0.2, 0) is 0 Å². The third-order valence-corrected chi connectivity index (χ3v) is 6.58. The summed E-state index contributed by atoms with van der Waals surface area (Å²) in [5.74, 6) is 2.35. The van der Waals surface area contributed by atoms with E-state index >= 15 is 0 Å². The molecule has 1 atom stereocenters. The van der Waals surface area contributed by atoms with Gasteiger partial charge in [0.15, 0.2) is 0 Å². The number of aromatic nitrogens is 1. The summed E-state index contributed by atoms with van der Waals surface area (Å²) in [6.45, 7) is 1.09. The van der Waals surface area contributed by atoms with E-state index in [1.54, 1.807) is 11.3 Å². The average Bonchev–Trinajstić information content (AvgIpc) is 3.14. The van der Waals surface area contributed by atoms with Crippen LogP contribution in [0, 0.1) is 0 Å². The summed E-state index contributed by atoms with van der Waals surface area (Å²) in [7, 11) is 0. The summed E-state index contributed by atoms with van der Waals surface area (Å²) >= 11 is 5.62. The van der Waals surface area contributed by atoms with Crippen LogP contribution in [0.1, 0.15) is 11.0 Å². The molecule has 0 amide bonds. The van der Waals surface area contributed by atoms with E-state index in [1.165, 1.54) is 25.7 Å². The van der Waals surface area contributed by atoms with E-state index in [0.29, 0.717) is 6.04 Å². The number of thiophene rings is 1. The third kappa shape index (κ3) is 2.39. The van der Waals surface area contributed by atoms with E-state index < -0.39 is 0 Å². The Balaban J connectivity index is 1.66. The molecule has 1 fully saturated rings. The van der Waals surface area contributed by atoms with Crippen molar-refractivity contribution in [2.24, 2.45) is 0 Å². The van der Waals surface area contributed by atoms with Gasteiger partial charge in [-0.05, 0) is 17.5 Å². The van der Waals surface area contributed by atoms with Crippen LogP contribution in [0.3, 0.4) is 0 Å². The first-order valence-electron chi connectivity index (χ1n) is 6.66. The number of hydrogen-bond acceptors (Lipinski definition) is 5. The van der Waals surface area contributed by atoms with Crippen molar-refractivity contribution in [2.75, 3.05) is 18.1 Å². The first-order valence-corrected chi connectivity index (χ1v) is 9.51. The molecule has 0 aliphatic carbocycles. The Kier molecular flexibility index (Phi) is 3.52. The van der Waals surface area contributed by atoms with Gasteiger partial charge in [-0.25, -0.2) is 4.98 Å². The molecular weight excluding hydrogens is 304 g/mol. The standard InChI is InChI=1S/C15H14N2S3/c1-2-4-13-10(3-1)7-14(20-13)11-9-19-15(17-11)12-8-18-6-5-16-12/h1-4,7,9,12,16H,5-6,8H2. The zero-order valence-corrected chi connectivity index (χ0v) is 13.3. The first-order chi connectivity index (χ1) is 9.90. The zero-order chi connectivity index (χ0) is 13.4. The highest BCUT2D eigenvalue weighted by atomic mass is 32.2. The third-order valence-electron chi connectivity index (χ3n) is 3.42. The number of nitrogens with zero attached hydrogens (tertiary/aromatic N) is 1. The molecule has 2 aromatic heterocycles. The topological polar surface area (TPSA) is 24.9 Å². The number of benzene rings is 1. The van der Waals surface area contributed by atoms with Crippen LogP contribution in [0.15, 0.2) is 35.7 Å². The van der Waals surface area contributed by atoms with Gasteiger partial charge in [-0.15, -0.1) is 22.7 Å². The molecule has 0 saturated carbocycles. The highest BCUT2D eigenvalue weighted by molar-refractivity contribution is 7.99. The fraction of sp³-hybridized carbons (Fsp3) is 0.267. The Morgan fingerprint density at radius 2 is 2.20 bits per heavy atom. The molecule has 1 aromatic carbocycles. The average molecular weight is 318 g/mol. The predicted octanol–water partition coefficient (Wildman–Crippen LogP) is 4.40. The van der Waals surface area contributed by atoms with Crippen LogP contribution < -0.4 is 5.32 Å². The monoisotopic (exact) mass is 318 g/mol. The fourth-order valence-corrected chi connectivity index (χ4v) is 5.43. The van der Waals surface area contributed by atoms with E-state index in [9.17, 15) is 0 Å². The lowest BCUT2D eigenvalue weighted by molar-refractivity contribution is 0.592. The molecule has 0 spiro atoms. The quantitative estimate of drug-likeness (QED) is 0.758. The summed E-state index contributed by atoms with van der Waals surface area (Å²) in [6.07, 6.45) is 0. The van der Waals surface area contributed by atoms with Crippen LogP contribution in [0.25, 0.3) is 20.7 Å². The largest absolute Gasteiger partial charge is 0.306 e. The van der Waals surface area contributed by atoms with Crippen molar-refractivity contribution in [3.05, 3.63) is 40.7 Å². The summed E-state index contributed by atoms with van der Waals surface area (Å²) in [5.41, 5.74) is 1.13. The molecule has 102 valence electrons. The predicted molar refractivity (Wildman–Crippen MR) is 91.0 cm³/mol. The number of nitrogens with one attached hydrogen (secondary N) is 1. The van der Waals surface area contributed by atoms with Crippen molar-refractivity contribution in [3.8, 4) is 10.6 Å². The van der Waals surface area contributed by atoms with Crippen LogP contribution in [0.2, 0.25) is 0 Å². The zero-order valence-electron chi connectivity index (χ0n) is 10.8. The lowest BCUT2D eigenvalue weighted by Crippen LogP contribution is -2.30. The Morgan fingerprint density at radius 3 is 3.05 bits per heavy atom. The van der Waals surface area contributed by atoms with Crippen molar-refractivity contribution < 1.29 is 0 Å². The molecule has 1 unspecified atom stereocenters. The van der Waals surface area contributed by atoms with E-state index in [2.05, 4.69) is 41.0 Å². The van der Waals surface area contributed by atoms with Gasteiger partial charge >= 0.3 is 0 Å². The number of thioether (sulfide) groups is 1. The van der Waals surface area contributed by atoms with Crippen molar-refractivity contribution in [2.45, 2.75) is 6.04 Å². The molecule has 1 saturated heterocycles. The molecule has 2 nitrogen and oxygen atoms in total. The first kappa shape index (κ1) is 12.8. The lowest BCUT2D eigenvalue weighted by atomic mass is 10.2. The molecule has 3 aromatic rings. The van der Waals surface area contributed by atoms with Gasteiger partial charge in [0.05, 0.1) is 16.6 Å². The molecule has 0 bridgehead atoms. The fourth-order valence-electron chi connectivity index (χ4n) is 2.39. The van der Waals surface area contributed by atoms with E-state index in [0.717, 1.165) is 18.0 Å². The Morgan fingerprint density at radius 1 is 1.25 bits per heavy atom. The minimum atomic E-state index is 0.432. The molecule has 1 N–H and O–H groups in total. The molecule has 3 heterocycles. The maximum absolute atomic E-state index is 4.85. The molecule has 5 heteroatoms. The molecule has 1 aliphatic rings. The molecule has 4 rings (SSSR count). The van der Waals surface area contributed by atoms with Gasteiger partial charge in [0, 0.05) is 28.1 Å². The van der Waals surface area contributed by atoms with E-state index in [1.807, 2.05) is 23.1 Å². The van der Waals surface area contributed by atoms with Gasteiger partial charge in [0.25, 0.3) is 0 Å². The van der Waals surface area contributed by atoms with Gasteiger partial charge in [-0.2, -0.15) is 11.8 Å². The Hall–Kier alpha value is -0.880. The summed E-state index contributed by atoms with van der Waals surface area (Å²) < 4.78 is 1.34. The van der Waals surface area contributed by atoms with Crippen LogP contribution >= 0.6 is 34.4 Å². The summed E-state index contributed by atoms with van der Waals surface area (Å²) in [5, 5.41) is 8.29. The molecule has 0 radical (unpaired) electrons. The number of thiazole rings is 1. The second kappa shape index (κ2) is 5.48. The normalized spacial score (nSPS) is 19.5. The number of fused-ring (bicyclic) bond motifs is 1. The van der Waals surface area contributed by atoms with Crippen molar-refractivity contribution in [1.82, 2.24) is 10.3 Å². The van der Waals surface area contributed by atoms with E-state index in [-0.39, 0.29) is 0 Å². The summed E-state index contributed by atoms with van der Waals surface area (Å²) in [4.78, 5) is 6.13. The smallest absolute Gasteiger partial charge is 0.111 e. The lowest BCUT2D eigenvalue weighted by Gasteiger charge is -2.20. The number of hydrogen-bond donors (Lipinski definition) is 1. The van der Waals surface area contributed by atoms with Gasteiger partial charge in [-0.1, -0.05) is 18.2 Å². The van der Waals surface area contributed by atoms with Crippen molar-refractivity contribution >= 4 is 44.5 Å². The molecular formula is C15H14N2S3. The van der Waals surface area contributed by atoms with Gasteiger partial charge in [-0.3, -0.25) is 0 Å². The van der Waals surface area contributed by atoms with Crippen molar-refractivity contribution in [3.63, 3.8) is 0 Å². The minimum absolute atomic E-state index is 0.432. The van der Waals surface area contributed by atoms with Crippen LogP contribution in [0.5, 0.6) is 0 Å². The second-order valence-electron chi connectivity index (χ2n) is 4.80. The molecule has 1 aliphatic heterocycles. The van der Waals surface area contributed by atoms with E-state index in [4.69, 9.17) is 4.98 Å². The maximum Gasteiger partial charge on any atom is 0.111 e. The minimum Gasteiger partial charge on any atom is -0.306 e. The highest BCUT2D eigenvalue weighted by Crippen LogP contribution is 2.35. The number of rotatable bonds is 2. The van der Waals surface area contributed by atoms with Gasteiger partial charge < -0.3 is 5.32 Å². The SMILES string of the molecule is c1ccc2sc(-c3csc(C4CSCCN4)n3)cc2c1. The van der Waals surface area contributed by atoms with Gasteiger partial charge in [0.1, 0.15) is 5.01 Å².